The molecule has 1 amide bonds. The number of halogens is 3. The van der Waals surface area contributed by atoms with Crippen molar-refractivity contribution in [2.75, 3.05) is 44.3 Å². The van der Waals surface area contributed by atoms with Crippen LogP contribution in [0.1, 0.15) is 24.8 Å². The van der Waals surface area contributed by atoms with E-state index in [-0.39, 0.29) is 25.6 Å². The summed E-state index contributed by atoms with van der Waals surface area (Å²) < 4.78 is 48.5. The third-order valence-corrected chi connectivity index (χ3v) is 8.51. The van der Waals surface area contributed by atoms with Crippen molar-refractivity contribution in [3.8, 4) is 6.07 Å². The number of nitriles is 1. The first-order chi connectivity index (χ1) is 16.8. The van der Waals surface area contributed by atoms with Crippen LogP contribution in [0.15, 0.2) is 30.5 Å². The first-order valence-electron chi connectivity index (χ1n) is 12.0. The first-order valence-corrected chi connectivity index (χ1v) is 12.0. The number of nitrogens with zero attached hydrogens (tertiary/aromatic N) is 4. The number of hydrogen-bond donors (Lipinski definition) is 1. The number of carbonyl (C=O) groups excluding carboxylic acids is 1. The maximum absolute atomic E-state index is 14.4. The molecule has 2 aromatic rings. The maximum atomic E-state index is 14.4. The quantitative estimate of drug-likeness (QED) is 0.718. The summed E-state index contributed by atoms with van der Waals surface area (Å²) in [5.74, 6) is -0.487. The smallest absolute Gasteiger partial charge is 0.379 e. The van der Waals surface area contributed by atoms with Gasteiger partial charge in [-0.1, -0.05) is 0 Å². The van der Waals surface area contributed by atoms with E-state index >= 15 is 0 Å². The number of alkyl halides is 3. The fraction of sp³-hybridized carbons (Fsp3) is 0.560. The number of rotatable bonds is 4. The molecule has 0 unspecified atom stereocenters. The first kappa shape index (κ1) is 22.6. The minimum atomic E-state index is -4.49. The lowest BCUT2D eigenvalue weighted by Crippen LogP contribution is -2.57. The van der Waals surface area contributed by atoms with Crippen molar-refractivity contribution in [2.24, 2.45) is 10.8 Å². The molecule has 35 heavy (non-hydrogen) atoms. The molecule has 2 saturated heterocycles. The Morgan fingerprint density at radius 3 is 2.69 bits per heavy atom. The number of carbonyl (C=O) groups is 1. The van der Waals surface area contributed by atoms with Gasteiger partial charge in [-0.25, -0.2) is 0 Å². The number of nitrogens with one attached hydrogen (secondary N) is 1. The molecule has 2 saturated carbocycles. The van der Waals surface area contributed by atoms with Crippen LogP contribution in [-0.4, -0.2) is 73.4 Å². The van der Waals surface area contributed by atoms with Crippen LogP contribution in [0.5, 0.6) is 0 Å². The van der Waals surface area contributed by atoms with Crippen LogP contribution in [0.2, 0.25) is 0 Å². The standard InChI is InChI=1S/C25H26F3N5O2/c26-25(27,28)24-13-23(24,22(34)31-17-10-18(11-17)32-6-8-35-9-7-32)14-33(15-24)20-4-3-16(12-29)21-19(20)2-1-5-30-21/h1-5,17-18H,6-11,13-15H2,(H,31,34)/t17-,18+,23-,24-/m0/s1. The number of amides is 1. The summed E-state index contributed by atoms with van der Waals surface area (Å²) in [5.41, 5.74) is -2.15. The molecular weight excluding hydrogens is 459 g/mol. The van der Waals surface area contributed by atoms with Crippen molar-refractivity contribution < 1.29 is 22.7 Å². The number of benzene rings is 1. The molecule has 7 nitrogen and oxygen atoms in total. The van der Waals surface area contributed by atoms with Crippen molar-refractivity contribution in [3.05, 3.63) is 36.0 Å². The molecular formula is C25H26F3N5O2. The van der Waals surface area contributed by atoms with Crippen molar-refractivity contribution in [3.63, 3.8) is 0 Å². The second-order valence-electron chi connectivity index (χ2n) is 10.3. The third kappa shape index (κ3) is 3.32. The van der Waals surface area contributed by atoms with Gasteiger partial charge in [0.25, 0.3) is 0 Å². The predicted molar refractivity (Wildman–Crippen MR) is 122 cm³/mol. The number of anilines is 1. The Bertz CT molecular complexity index is 1220. The predicted octanol–water partition coefficient (Wildman–Crippen LogP) is 2.84. The van der Waals surface area contributed by atoms with Crippen LogP contribution in [0.3, 0.4) is 0 Å². The molecule has 0 spiro atoms. The van der Waals surface area contributed by atoms with Gasteiger partial charge >= 0.3 is 6.18 Å². The minimum Gasteiger partial charge on any atom is -0.379 e. The fourth-order valence-corrected chi connectivity index (χ4v) is 6.39. The van der Waals surface area contributed by atoms with Crippen LogP contribution < -0.4 is 10.2 Å². The lowest BCUT2D eigenvalue weighted by molar-refractivity contribution is -0.192. The van der Waals surface area contributed by atoms with Gasteiger partial charge in [0, 0.05) is 55.5 Å². The van der Waals surface area contributed by atoms with E-state index in [1.807, 2.05) is 0 Å². The zero-order valence-corrected chi connectivity index (χ0v) is 19.1. The van der Waals surface area contributed by atoms with Gasteiger partial charge in [-0.05, 0) is 43.5 Å². The Morgan fingerprint density at radius 2 is 1.97 bits per heavy atom. The highest BCUT2D eigenvalue weighted by Crippen LogP contribution is 2.75. The Balaban J connectivity index is 1.23. The van der Waals surface area contributed by atoms with E-state index in [0.29, 0.717) is 41.4 Å². The van der Waals surface area contributed by atoms with Gasteiger partial charge in [0.1, 0.15) is 11.5 Å². The summed E-state index contributed by atoms with van der Waals surface area (Å²) in [4.78, 5) is 21.6. The molecule has 2 atom stereocenters. The average molecular weight is 486 g/mol. The summed E-state index contributed by atoms with van der Waals surface area (Å²) in [5, 5.41) is 13.0. The number of hydrogen-bond acceptors (Lipinski definition) is 6. The average Bonchev–Trinajstić information content (AvgIpc) is 3.38. The van der Waals surface area contributed by atoms with Crippen LogP contribution in [0.4, 0.5) is 18.9 Å². The SMILES string of the molecule is N#Cc1ccc(N2C[C@]3(C(=O)N[C@H]4C[C@@H](N5CCOCC5)C4)C[C@]3(C(F)(F)F)C2)c2cccnc12. The minimum absolute atomic E-state index is 0.00610. The highest BCUT2D eigenvalue weighted by Gasteiger charge is 2.86. The van der Waals surface area contributed by atoms with Crippen LogP contribution in [-0.2, 0) is 9.53 Å². The molecule has 3 heterocycles. The van der Waals surface area contributed by atoms with E-state index in [0.717, 1.165) is 25.9 Å². The molecule has 4 aliphatic rings. The summed E-state index contributed by atoms with van der Waals surface area (Å²) >= 11 is 0. The summed E-state index contributed by atoms with van der Waals surface area (Å²) in [6.45, 7) is 2.82. The van der Waals surface area contributed by atoms with Gasteiger partial charge < -0.3 is 15.0 Å². The van der Waals surface area contributed by atoms with Gasteiger partial charge in [-0.15, -0.1) is 0 Å². The number of fused-ring (bicyclic) bond motifs is 2. The molecule has 0 bridgehead atoms. The van der Waals surface area contributed by atoms with Crippen molar-refractivity contribution in [1.82, 2.24) is 15.2 Å². The van der Waals surface area contributed by atoms with Gasteiger partial charge in [0.05, 0.1) is 29.7 Å². The number of ether oxygens (including phenoxy) is 1. The normalized spacial score (nSPS) is 32.6. The zero-order valence-electron chi connectivity index (χ0n) is 19.1. The topological polar surface area (TPSA) is 81.5 Å². The zero-order chi connectivity index (χ0) is 24.4. The van der Waals surface area contributed by atoms with E-state index in [9.17, 15) is 23.2 Å². The lowest BCUT2D eigenvalue weighted by atomic mass is 9.84. The molecule has 1 aromatic carbocycles. The van der Waals surface area contributed by atoms with E-state index in [1.54, 1.807) is 35.4 Å². The summed E-state index contributed by atoms with van der Waals surface area (Å²) in [6.07, 6.45) is -1.59. The number of pyridine rings is 1. The number of morpholine rings is 1. The van der Waals surface area contributed by atoms with Crippen molar-refractivity contribution >= 4 is 22.5 Å². The van der Waals surface area contributed by atoms with Crippen LogP contribution in [0, 0.1) is 22.2 Å². The largest absolute Gasteiger partial charge is 0.397 e. The molecule has 2 aliphatic heterocycles. The number of piperidine rings is 1. The molecule has 184 valence electrons. The van der Waals surface area contributed by atoms with Gasteiger partial charge in [0.15, 0.2) is 0 Å². The third-order valence-electron chi connectivity index (χ3n) is 8.51. The maximum Gasteiger partial charge on any atom is 0.397 e. The van der Waals surface area contributed by atoms with E-state index in [2.05, 4.69) is 21.3 Å². The molecule has 0 radical (unpaired) electrons. The second kappa shape index (κ2) is 7.80. The Labute approximate surface area is 200 Å². The Kier molecular flexibility index (Phi) is 5.03. The van der Waals surface area contributed by atoms with Crippen LogP contribution >= 0.6 is 0 Å². The Morgan fingerprint density at radius 1 is 1.20 bits per heavy atom. The second-order valence-corrected chi connectivity index (χ2v) is 10.3. The lowest BCUT2D eigenvalue weighted by Gasteiger charge is -2.44. The van der Waals surface area contributed by atoms with E-state index in [4.69, 9.17) is 4.74 Å². The number of aromatic nitrogens is 1. The van der Waals surface area contributed by atoms with Gasteiger partial charge in [0.2, 0.25) is 5.91 Å². The summed E-state index contributed by atoms with van der Waals surface area (Å²) in [6, 6.07) is 9.06. The summed E-state index contributed by atoms with van der Waals surface area (Å²) in [7, 11) is 0. The van der Waals surface area contributed by atoms with E-state index < -0.39 is 22.9 Å². The van der Waals surface area contributed by atoms with Crippen molar-refractivity contribution in [2.45, 2.75) is 37.5 Å². The van der Waals surface area contributed by atoms with Gasteiger partial charge in [-0.2, -0.15) is 18.4 Å². The van der Waals surface area contributed by atoms with E-state index in [1.165, 1.54) is 0 Å². The molecule has 1 N–H and O–H groups in total. The molecule has 4 fully saturated rings. The molecule has 6 rings (SSSR count). The molecule has 10 heteroatoms. The molecule has 2 aliphatic carbocycles. The van der Waals surface area contributed by atoms with Gasteiger partial charge in [-0.3, -0.25) is 14.7 Å². The highest BCUT2D eigenvalue weighted by atomic mass is 19.4. The van der Waals surface area contributed by atoms with Crippen LogP contribution in [0.25, 0.3) is 10.9 Å². The fourth-order valence-electron chi connectivity index (χ4n) is 6.39. The Hall–Kier alpha value is -2.90. The monoisotopic (exact) mass is 485 g/mol. The highest BCUT2D eigenvalue weighted by molar-refractivity contribution is 5.97. The van der Waals surface area contributed by atoms with Crippen molar-refractivity contribution in [1.29, 1.82) is 5.26 Å². The molecule has 1 aromatic heterocycles.